The van der Waals surface area contributed by atoms with Crippen molar-refractivity contribution in [1.82, 2.24) is 19.9 Å². The second-order valence-corrected chi connectivity index (χ2v) is 6.20. The molecule has 0 radical (unpaired) electrons. The normalized spacial score (nSPS) is 16.9. The molecule has 132 valence electrons. The van der Waals surface area contributed by atoms with Crippen molar-refractivity contribution in [2.75, 3.05) is 38.1 Å². The van der Waals surface area contributed by atoms with Gasteiger partial charge in [0, 0.05) is 31.6 Å². The lowest BCUT2D eigenvalue weighted by Crippen LogP contribution is -2.44. The Bertz CT molecular complexity index is 941. The molecular weight excluding hydrogens is 338 g/mol. The van der Waals surface area contributed by atoms with Gasteiger partial charge < -0.3 is 14.8 Å². The van der Waals surface area contributed by atoms with E-state index in [1.54, 1.807) is 0 Å². The first kappa shape index (κ1) is 16.1. The molecule has 0 spiro atoms. The van der Waals surface area contributed by atoms with E-state index in [4.69, 9.17) is 0 Å². The van der Waals surface area contributed by atoms with Crippen molar-refractivity contribution in [2.45, 2.75) is 6.18 Å². The number of likely N-dealkylation sites (N-methyl/N-ethyl adjacent to an activating group) is 1. The third kappa shape index (κ3) is 2.68. The van der Waals surface area contributed by atoms with Gasteiger partial charge in [-0.3, -0.25) is 0 Å². The molecule has 1 N–H and O–H groups in total. The second kappa shape index (κ2) is 5.55. The number of pyridine rings is 1. The van der Waals surface area contributed by atoms with Crippen molar-refractivity contribution in [3.8, 4) is 0 Å². The first-order valence-corrected chi connectivity index (χ1v) is 7.81. The summed E-state index contributed by atoms with van der Waals surface area (Å²) in [5, 5.41) is 0.0569. The Balaban J connectivity index is 1.94. The Morgan fingerprint density at radius 2 is 1.80 bits per heavy atom. The van der Waals surface area contributed by atoms with Crippen LogP contribution in [0.1, 0.15) is 5.56 Å². The number of fused-ring (bicyclic) bond motifs is 3. The van der Waals surface area contributed by atoms with Crippen LogP contribution in [0.5, 0.6) is 0 Å². The summed E-state index contributed by atoms with van der Waals surface area (Å²) in [6.45, 7) is 3.05. The highest BCUT2D eigenvalue weighted by molar-refractivity contribution is 6.06. The molecule has 1 aliphatic heterocycles. The molecule has 3 heterocycles. The van der Waals surface area contributed by atoms with E-state index >= 15 is 0 Å². The Labute approximate surface area is 140 Å². The number of rotatable bonds is 1. The van der Waals surface area contributed by atoms with Crippen molar-refractivity contribution in [3.63, 3.8) is 0 Å². The number of halogens is 4. The van der Waals surface area contributed by atoms with Crippen LogP contribution in [0.4, 0.5) is 23.4 Å². The van der Waals surface area contributed by atoms with Crippen molar-refractivity contribution >= 4 is 27.8 Å². The van der Waals surface area contributed by atoms with Crippen molar-refractivity contribution in [3.05, 3.63) is 29.8 Å². The van der Waals surface area contributed by atoms with Gasteiger partial charge in [-0.1, -0.05) is 0 Å². The SMILES string of the molecule is CN1CCN(c2nc3c(F)cc(C(F)(F)F)cc3c3nc[nH]c23)CC1. The van der Waals surface area contributed by atoms with E-state index in [9.17, 15) is 17.6 Å². The van der Waals surface area contributed by atoms with Crippen molar-refractivity contribution < 1.29 is 17.6 Å². The van der Waals surface area contributed by atoms with Crippen LogP contribution in [0.25, 0.3) is 21.9 Å². The van der Waals surface area contributed by atoms with E-state index in [2.05, 4.69) is 19.9 Å². The maximum Gasteiger partial charge on any atom is 0.416 e. The minimum atomic E-state index is -4.63. The van der Waals surface area contributed by atoms with Crippen molar-refractivity contribution in [2.24, 2.45) is 0 Å². The zero-order chi connectivity index (χ0) is 17.8. The lowest BCUT2D eigenvalue weighted by Gasteiger charge is -2.33. The van der Waals surface area contributed by atoms with Gasteiger partial charge in [-0.2, -0.15) is 13.2 Å². The number of nitrogens with one attached hydrogen (secondary N) is 1. The van der Waals surface area contributed by atoms with Gasteiger partial charge in [0.25, 0.3) is 0 Å². The molecule has 9 heteroatoms. The molecule has 2 aromatic heterocycles. The molecule has 0 aliphatic carbocycles. The lowest BCUT2D eigenvalue weighted by atomic mass is 10.1. The number of benzene rings is 1. The molecule has 1 fully saturated rings. The quantitative estimate of drug-likeness (QED) is 0.683. The molecular formula is C16H15F4N5. The number of hydrogen-bond donors (Lipinski definition) is 1. The van der Waals surface area contributed by atoms with E-state index in [-0.39, 0.29) is 10.9 Å². The van der Waals surface area contributed by atoms with E-state index in [1.165, 1.54) is 6.33 Å². The highest BCUT2D eigenvalue weighted by atomic mass is 19.4. The number of anilines is 1. The topological polar surface area (TPSA) is 48.1 Å². The van der Waals surface area contributed by atoms with Gasteiger partial charge in [0.15, 0.2) is 5.82 Å². The maximum absolute atomic E-state index is 14.4. The minimum absolute atomic E-state index is 0.0569. The summed E-state index contributed by atoms with van der Waals surface area (Å²) in [5.74, 6) is -0.475. The van der Waals surface area contributed by atoms with Gasteiger partial charge >= 0.3 is 6.18 Å². The van der Waals surface area contributed by atoms with Gasteiger partial charge in [0.2, 0.25) is 0 Å². The second-order valence-electron chi connectivity index (χ2n) is 6.20. The molecule has 0 saturated carbocycles. The summed E-state index contributed by atoms with van der Waals surface area (Å²) in [5.41, 5.74) is -0.322. The number of H-pyrrole nitrogens is 1. The van der Waals surface area contributed by atoms with Crippen LogP contribution in [0, 0.1) is 5.82 Å². The van der Waals surface area contributed by atoms with Crippen LogP contribution in [0.3, 0.4) is 0 Å². The fraction of sp³-hybridized carbons (Fsp3) is 0.375. The van der Waals surface area contributed by atoms with Crippen LogP contribution in [-0.2, 0) is 6.18 Å². The first-order chi connectivity index (χ1) is 11.8. The highest BCUT2D eigenvalue weighted by Crippen LogP contribution is 2.36. The minimum Gasteiger partial charge on any atom is -0.352 e. The van der Waals surface area contributed by atoms with Crippen LogP contribution in [0.15, 0.2) is 18.5 Å². The molecule has 0 unspecified atom stereocenters. The molecule has 4 rings (SSSR count). The van der Waals surface area contributed by atoms with Crippen LogP contribution in [0.2, 0.25) is 0 Å². The first-order valence-electron chi connectivity index (χ1n) is 7.81. The molecule has 1 aliphatic rings. The number of aromatic nitrogens is 3. The van der Waals surface area contributed by atoms with E-state index in [0.29, 0.717) is 36.0 Å². The lowest BCUT2D eigenvalue weighted by molar-refractivity contribution is -0.137. The summed E-state index contributed by atoms with van der Waals surface area (Å²) in [7, 11) is 2.01. The number of imidazole rings is 1. The molecule has 1 saturated heterocycles. The number of hydrogen-bond acceptors (Lipinski definition) is 4. The van der Waals surface area contributed by atoms with Crippen LogP contribution in [-0.4, -0.2) is 53.1 Å². The zero-order valence-corrected chi connectivity index (χ0v) is 13.4. The average molecular weight is 353 g/mol. The fourth-order valence-electron chi connectivity index (χ4n) is 3.13. The summed E-state index contributed by atoms with van der Waals surface area (Å²) in [4.78, 5) is 15.6. The third-order valence-electron chi connectivity index (χ3n) is 4.53. The Kier molecular flexibility index (Phi) is 3.57. The van der Waals surface area contributed by atoms with Crippen LogP contribution >= 0.6 is 0 Å². The Morgan fingerprint density at radius 3 is 2.48 bits per heavy atom. The molecule has 0 atom stereocenters. The highest BCUT2D eigenvalue weighted by Gasteiger charge is 2.32. The summed E-state index contributed by atoms with van der Waals surface area (Å²) >= 11 is 0. The molecule has 0 bridgehead atoms. The molecule has 5 nitrogen and oxygen atoms in total. The predicted molar refractivity (Wildman–Crippen MR) is 86.1 cm³/mol. The summed E-state index contributed by atoms with van der Waals surface area (Å²) in [6, 6.07) is 1.39. The van der Waals surface area contributed by atoms with Gasteiger partial charge in [0.1, 0.15) is 22.4 Å². The maximum atomic E-state index is 14.4. The Morgan fingerprint density at radius 1 is 1.08 bits per heavy atom. The molecule has 25 heavy (non-hydrogen) atoms. The predicted octanol–water partition coefficient (Wildman–Crippen LogP) is 3.02. The van der Waals surface area contributed by atoms with E-state index < -0.39 is 17.6 Å². The zero-order valence-electron chi connectivity index (χ0n) is 13.4. The largest absolute Gasteiger partial charge is 0.416 e. The molecule has 0 amide bonds. The van der Waals surface area contributed by atoms with Gasteiger partial charge in [-0.05, 0) is 19.2 Å². The van der Waals surface area contributed by atoms with E-state index in [1.807, 2.05) is 11.9 Å². The third-order valence-corrected chi connectivity index (χ3v) is 4.53. The van der Waals surface area contributed by atoms with E-state index in [0.717, 1.165) is 19.2 Å². The smallest absolute Gasteiger partial charge is 0.352 e. The monoisotopic (exact) mass is 353 g/mol. The number of piperazine rings is 1. The summed E-state index contributed by atoms with van der Waals surface area (Å²) in [6.07, 6.45) is -3.24. The van der Waals surface area contributed by atoms with Gasteiger partial charge in [-0.15, -0.1) is 0 Å². The molecule has 3 aromatic rings. The number of alkyl halides is 3. The van der Waals surface area contributed by atoms with Crippen LogP contribution < -0.4 is 4.90 Å². The van der Waals surface area contributed by atoms with Crippen molar-refractivity contribution in [1.29, 1.82) is 0 Å². The fourth-order valence-corrected chi connectivity index (χ4v) is 3.13. The standard InChI is InChI=1S/C16H15F4N5/c1-24-2-4-25(5-3-24)15-14-13(21-8-22-14)10-6-9(16(18,19)20)7-11(17)12(10)23-15/h6-8H,2-5H2,1H3,(H,21,22). The Hall–Kier alpha value is -2.42. The number of aromatic amines is 1. The average Bonchev–Trinajstić information content (AvgIpc) is 3.04. The van der Waals surface area contributed by atoms with Gasteiger partial charge in [0.05, 0.1) is 11.9 Å². The number of nitrogens with zero attached hydrogens (tertiary/aromatic N) is 4. The van der Waals surface area contributed by atoms with Gasteiger partial charge in [-0.25, -0.2) is 14.4 Å². The molecule has 1 aromatic carbocycles. The summed E-state index contributed by atoms with van der Waals surface area (Å²) < 4.78 is 53.4.